The topological polar surface area (TPSA) is 78.4 Å². The molecule has 0 unspecified atom stereocenters. The van der Waals surface area contributed by atoms with Crippen molar-refractivity contribution in [1.82, 2.24) is 18.5 Å². The third-order valence-corrected chi connectivity index (χ3v) is 3.84. The highest BCUT2D eigenvalue weighted by atomic mass is 19.1. The molecule has 0 atom stereocenters. The summed E-state index contributed by atoms with van der Waals surface area (Å²) in [6, 6.07) is 3.11. The molecule has 124 valence electrons. The van der Waals surface area contributed by atoms with Crippen molar-refractivity contribution in [3.8, 4) is 5.69 Å². The highest BCUT2D eigenvalue weighted by Gasteiger charge is 2.18. The van der Waals surface area contributed by atoms with Crippen molar-refractivity contribution in [2.45, 2.75) is 13.8 Å². The maximum atomic E-state index is 14.4. The Labute approximate surface area is 133 Å². The smallest absolute Gasteiger partial charge is 0.269 e. The molecule has 0 bridgehead atoms. The minimum atomic E-state index is -1.19. The van der Waals surface area contributed by atoms with Gasteiger partial charge >= 0.3 is 11.4 Å². The first-order valence-corrected chi connectivity index (χ1v) is 6.91. The van der Waals surface area contributed by atoms with Gasteiger partial charge in [0, 0.05) is 7.05 Å². The van der Waals surface area contributed by atoms with E-state index in [0.717, 1.165) is 7.05 Å². The molecule has 0 N–H and O–H groups in total. The predicted molar refractivity (Wildman–Crippen MR) is 81.7 cm³/mol. The molecule has 0 radical (unpaired) electrons. The van der Waals surface area contributed by atoms with Crippen LogP contribution in [0, 0.1) is 25.6 Å². The molecule has 2 heterocycles. The van der Waals surface area contributed by atoms with Gasteiger partial charge in [-0.3, -0.25) is 4.79 Å². The predicted octanol–water partition coefficient (Wildman–Crippen LogP) is 0.439. The third kappa shape index (κ3) is 2.16. The molecule has 0 spiro atoms. The van der Waals surface area contributed by atoms with Gasteiger partial charge in [0.25, 0.3) is 5.56 Å². The summed E-state index contributed by atoms with van der Waals surface area (Å²) in [6.45, 7) is 3.39. The number of rotatable bonds is 1. The molecule has 3 aromatic rings. The zero-order valence-electron chi connectivity index (χ0n) is 13.0. The molecule has 0 aliphatic carbocycles. The highest BCUT2D eigenvalue weighted by Crippen LogP contribution is 2.18. The van der Waals surface area contributed by atoms with E-state index < -0.39 is 34.5 Å². The van der Waals surface area contributed by atoms with Gasteiger partial charge in [-0.1, -0.05) is 0 Å². The molecule has 0 saturated heterocycles. The Kier molecular flexibility index (Phi) is 3.43. The Hall–Kier alpha value is -3.10. The molecule has 9 heteroatoms. The standard InChI is InChI=1S/C15H12F2N4O3/c1-7-4-9(16)10(5-8(7)2)20-12(22)6-11(17)21-13(20)18-14(23)19(3)15(21)24/h4-6H,1-3H3. The fraction of sp³-hybridized carbons (Fsp3) is 0.200. The Morgan fingerprint density at radius 1 is 1.00 bits per heavy atom. The summed E-state index contributed by atoms with van der Waals surface area (Å²) in [6.07, 6.45) is 0. The lowest BCUT2D eigenvalue weighted by Gasteiger charge is -2.13. The molecule has 7 nitrogen and oxygen atoms in total. The van der Waals surface area contributed by atoms with E-state index >= 15 is 0 Å². The van der Waals surface area contributed by atoms with Crippen LogP contribution >= 0.6 is 0 Å². The Morgan fingerprint density at radius 3 is 2.29 bits per heavy atom. The second kappa shape index (κ2) is 5.22. The highest BCUT2D eigenvalue weighted by molar-refractivity contribution is 5.47. The van der Waals surface area contributed by atoms with Crippen LogP contribution < -0.4 is 16.9 Å². The van der Waals surface area contributed by atoms with Gasteiger partial charge in [0.2, 0.25) is 11.7 Å². The summed E-state index contributed by atoms with van der Waals surface area (Å²) in [4.78, 5) is 39.6. The molecule has 0 aliphatic heterocycles. The van der Waals surface area contributed by atoms with Crippen molar-refractivity contribution in [2.75, 3.05) is 0 Å². The lowest BCUT2D eigenvalue weighted by atomic mass is 10.1. The quantitative estimate of drug-likeness (QED) is 0.605. The first kappa shape index (κ1) is 15.8. The van der Waals surface area contributed by atoms with Crippen molar-refractivity contribution in [2.24, 2.45) is 7.05 Å². The van der Waals surface area contributed by atoms with Crippen molar-refractivity contribution in [3.63, 3.8) is 0 Å². The fourth-order valence-electron chi connectivity index (χ4n) is 2.36. The average Bonchev–Trinajstić information content (AvgIpc) is 2.49. The molecule has 0 saturated carbocycles. The van der Waals surface area contributed by atoms with Gasteiger partial charge in [0.1, 0.15) is 5.82 Å². The number of nitrogens with zero attached hydrogens (tertiary/aromatic N) is 4. The van der Waals surface area contributed by atoms with E-state index in [0.29, 0.717) is 30.7 Å². The monoisotopic (exact) mass is 334 g/mol. The molecule has 3 rings (SSSR count). The van der Waals surface area contributed by atoms with E-state index in [1.165, 1.54) is 12.1 Å². The first-order valence-electron chi connectivity index (χ1n) is 6.91. The van der Waals surface area contributed by atoms with Crippen LogP contribution in [0.3, 0.4) is 0 Å². The van der Waals surface area contributed by atoms with Crippen LogP contribution in [0.15, 0.2) is 32.6 Å². The van der Waals surface area contributed by atoms with Crippen molar-refractivity contribution >= 4 is 5.78 Å². The van der Waals surface area contributed by atoms with Gasteiger partial charge in [-0.2, -0.15) is 9.37 Å². The number of aryl methyl sites for hydroxylation is 2. The van der Waals surface area contributed by atoms with E-state index in [2.05, 4.69) is 4.98 Å². The fourth-order valence-corrected chi connectivity index (χ4v) is 2.36. The lowest BCUT2D eigenvalue weighted by molar-refractivity contribution is 0.525. The molecule has 0 fully saturated rings. The summed E-state index contributed by atoms with van der Waals surface area (Å²) in [5.41, 5.74) is -1.86. The lowest BCUT2D eigenvalue weighted by Crippen LogP contribution is -2.41. The van der Waals surface area contributed by atoms with Gasteiger partial charge in [0.15, 0.2) is 0 Å². The van der Waals surface area contributed by atoms with Crippen LogP contribution in [0.5, 0.6) is 0 Å². The molecule has 2 aromatic heterocycles. The Bertz CT molecular complexity index is 1170. The molecule has 0 aliphatic rings. The van der Waals surface area contributed by atoms with Gasteiger partial charge in [0.05, 0.1) is 11.8 Å². The van der Waals surface area contributed by atoms with Gasteiger partial charge in [-0.15, -0.1) is 0 Å². The molecular weight excluding hydrogens is 322 g/mol. The summed E-state index contributed by atoms with van der Waals surface area (Å²) in [5, 5.41) is 0. The van der Waals surface area contributed by atoms with Crippen molar-refractivity contribution in [1.29, 1.82) is 0 Å². The number of halogens is 2. The van der Waals surface area contributed by atoms with Crippen LogP contribution in [-0.2, 0) is 7.05 Å². The number of benzene rings is 1. The third-order valence-electron chi connectivity index (χ3n) is 3.84. The molecule has 24 heavy (non-hydrogen) atoms. The van der Waals surface area contributed by atoms with Gasteiger partial charge in [-0.05, 0) is 37.1 Å². The van der Waals surface area contributed by atoms with Crippen LogP contribution in [0.1, 0.15) is 11.1 Å². The summed E-state index contributed by atoms with van der Waals surface area (Å²) >= 11 is 0. The second-order valence-electron chi connectivity index (χ2n) is 5.40. The van der Waals surface area contributed by atoms with Crippen LogP contribution in [-0.4, -0.2) is 18.5 Å². The van der Waals surface area contributed by atoms with Crippen molar-refractivity contribution in [3.05, 3.63) is 72.4 Å². The van der Waals surface area contributed by atoms with E-state index in [1.54, 1.807) is 13.8 Å². The number of aromatic nitrogens is 4. The summed E-state index contributed by atoms with van der Waals surface area (Å²) in [5.74, 6) is -2.54. The van der Waals surface area contributed by atoms with Gasteiger partial charge in [-0.25, -0.2) is 27.5 Å². The molecule has 1 aromatic carbocycles. The number of fused-ring (bicyclic) bond motifs is 1. The van der Waals surface area contributed by atoms with E-state index in [4.69, 9.17) is 0 Å². The normalized spacial score (nSPS) is 11.2. The minimum Gasteiger partial charge on any atom is -0.269 e. The second-order valence-corrected chi connectivity index (χ2v) is 5.40. The largest absolute Gasteiger partial charge is 0.354 e. The number of hydrogen-bond acceptors (Lipinski definition) is 4. The maximum Gasteiger partial charge on any atom is 0.354 e. The molecular formula is C15H12F2N4O3. The number of hydrogen-bond donors (Lipinski definition) is 0. The van der Waals surface area contributed by atoms with Crippen LogP contribution in [0.4, 0.5) is 8.78 Å². The SMILES string of the molecule is Cc1cc(F)c(-n2c(=O)cc(F)n3c(=O)n(C)c(=O)nc23)cc1C. The zero-order valence-corrected chi connectivity index (χ0v) is 13.0. The Balaban J connectivity index is 2.60. The van der Waals surface area contributed by atoms with Crippen LogP contribution in [0.25, 0.3) is 11.5 Å². The molecule has 0 amide bonds. The van der Waals surface area contributed by atoms with E-state index in [1.807, 2.05) is 0 Å². The first-order chi connectivity index (χ1) is 11.2. The summed E-state index contributed by atoms with van der Waals surface area (Å²) < 4.78 is 30.1. The van der Waals surface area contributed by atoms with Crippen molar-refractivity contribution < 1.29 is 8.78 Å². The minimum absolute atomic E-state index is 0.222. The maximum absolute atomic E-state index is 14.4. The van der Waals surface area contributed by atoms with E-state index in [9.17, 15) is 23.2 Å². The van der Waals surface area contributed by atoms with E-state index in [-0.39, 0.29) is 5.69 Å². The summed E-state index contributed by atoms with van der Waals surface area (Å²) in [7, 11) is 1.12. The average molecular weight is 334 g/mol. The Morgan fingerprint density at radius 2 is 1.62 bits per heavy atom. The van der Waals surface area contributed by atoms with Crippen LogP contribution in [0.2, 0.25) is 0 Å². The zero-order chi connectivity index (χ0) is 17.8. The van der Waals surface area contributed by atoms with Gasteiger partial charge < -0.3 is 0 Å².